The minimum absolute atomic E-state index is 0.0355. The number of nitrogens with zero attached hydrogens (tertiary/aromatic N) is 4. The van der Waals surface area contributed by atoms with Gasteiger partial charge in [-0.2, -0.15) is 13.2 Å². The SMILES string of the molecule is O=C(CN1CCC[C@H]1c1ccc(C(F)(F)F)cc1)N1CCc2cnc(CC3CCOCC3)nc2C1. The summed E-state index contributed by atoms with van der Waals surface area (Å²) in [7, 11) is 0. The first kappa shape index (κ1) is 24.2. The van der Waals surface area contributed by atoms with Crippen LogP contribution in [0.2, 0.25) is 0 Å². The number of ether oxygens (including phenoxy) is 1. The van der Waals surface area contributed by atoms with Gasteiger partial charge in [0.15, 0.2) is 0 Å². The molecule has 0 N–H and O–H groups in total. The Kier molecular flexibility index (Phi) is 7.07. The molecule has 0 radical (unpaired) electrons. The van der Waals surface area contributed by atoms with E-state index in [9.17, 15) is 18.0 Å². The summed E-state index contributed by atoms with van der Waals surface area (Å²) in [5, 5.41) is 0. The van der Waals surface area contributed by atoms with Gasteiger partial charge in [-0.05, 0) is 67.8 Å². The fourth-order valence-electron chi connectivity index (χ4n) is 5.43. The number of amides is 1. The average molecular weight is 489 g/mol. The van der Waals surface area contributed by atoms with E-state index >= 15 is 0 Å². The van der Waals surface area contributed by atoms with Crippen molar-refractivity contribution in [1.82, 2.24) is 19.8 Å². The van der Waals surface area contributed by atoms with Crippen LogP contribution in [0.1, 0.15) is 59.9 Å². The van der Waals surface area contributed by atoms with Crippen LogP contribution in [0.3, 0.4) is 0 Å². The van der Waals surface area contributed by atoms with E-state index in [0.717, 1.165) is 93.1 Å². The molecule has 2 saturated heterocycles. The van der Waals surface area contributed by atoms with Crippen molar-refractivity contribution in [1.29, 1.82) is 0 Å². The number of carbonyl (C=O) groups is 1. The third kappa shape index (κ3) is 5.67. The Morgan fingerprint density at radius 3 is 2.60 bits per heavy atom. The number of aromatic nitrogens is 2. The van der Waals surface area contributed by atoms with Gasteiger partial charge in [0.05, 0.1) is 24.3 Å². The molecule has 9 heteroatoms. The predicted octanol–water partition coefficient (Wildman–Crippen LogP) is 4.19. The van der Waals surface area contributed by atoms with Gasteiger partial charge >= 0.3 is 6.18 Å². The van der Waals surface area contributed by atoms with Gasteiger partial charge in [0.1, 0.15) is 5.82 Å². The van der Waals surface area contributed by atoms with Crippen molar-refractivity contribution in [3.8, 4) is 0 Å². The lowest BCUT2D eigenvalue weighted by Gasteiger charge is -2.31. The quantitative estimate of drug-likeness (QED) is 0.632. The Labute approximate surface area is 203 Å². The van der Waals surface area contributed by atoms with Gasteiger partial charge in [0.25, 0.3) is 0 Å². The summed E-state index contributed by atoms with van der Waals surface area (Å²) in [4.78, 5) is 26.5. The van der Waals surface area contributed by atoms with Crippen LogP contribution in [0.15, 0.2) is 30.5 Å². The lowest BCUT2D eigenvalue weighted by atomic mass is 9.96. The summed E-state index contributed by atoms with van der Waals surface area (Å²) >= 11 is 0. The van der Waals surface area contributed by atoms with Gasteiger partial charge in [-0.3, -0.25) is 9.69 Å². The normalized spacial score (nSPS) is 21.8. The lowest BCUT2D eigenvalue weighted by Crippen LogP contribution is -2.43. The third-order valence-corrected chi connectivity index (χ3v) is 7.49. The minimum atomic E-state index is -4.34. The minimum Gasteiger partial charge on any atom is -0.381 e. The number of hydrogen-bond acceptors (Lipinski definition) is 5. The Morgan fingerprint density at radius 1 is 1.09 bits per heavy atom. The molecule has 1 aromatic carbocycles. The first-order valence-corrected chi connectivity index (χ1v) is 12.5. The van der Waals surface area contributed by atoms with Crippen LogP contribution in [0.25, 0.3) is 0 Å². The number of carbonyl (C=O) groups excluding carboxylic acids is 1. The molecule has 4 heterocycles. The summed E-state index contributed by atoms with van der Waals surface area (Å²) in [6, 6.07) is 5.32. The molecule has 2 aromatic rings. The van der Waals surface area contributed by atoms with Gasteiger partial charge in [-0.1, -0.05) is 12.1 Å². The van der Waals surface area contributed by atoms with E-state index in [2.05, 4.69) is 9.88 Å². The maximum Gasteiger partial charge on any atom is 0.416 e. The molecule has 0 unspecified atom stereocenters. The van der Waals surface area contributed by atoms with Crippen LogP contribution in [-0.2, 0) is 35.1 Å². The van der Waals surface area contributed by atoms with Crippen LogP contribution >= 0.6 is 0 Å². The summed E-state index contributed by atoms with van der Waals surface area (Å²) < 4.78 is 44.2. The van der Waals surface area contributed by atoms with Crippen LogP contribution in [-0.4, -0.2) is 58.5 Å². The molecule has 1 aromatic heterocycles. The molecule has 3 aliphatic rings. The predicted molar refractivity (Wildman–Crippen MR) is 123 cm³/mol. The smallest absolute Gasteiger partial charge is 0.381 e. The van der Waals surface area contributed by atoms with Gasteiger partial charge < -0.3 is 9.64 Å². The zero-order chi connectivity index (χ0) is 24.4. The monoisotopic (exact) mass is 488 g/mol. The maximum absolute atomic E-state index is 13.2. The Morgan fingerprint density at radius 2 is 1.86 bits per heavy atom. The summed E-state index contributed by atoms with van der Waals surface area (Å²) in [5.41, 5.74) is 2.22. The van der Waals surface area contributed by atoms with E-state index in [0.29, 0.717) is 19.0 Å². The lowest BCUT2D eigenvalue weighted by molar-refractivity contribution is -0.137. The number of benzene rings is 1. The number of hydrogen-bond donors (Lipinski definition) is 0. The molecule has 0 aliphatic carbocycles. The average Bonchev–Trinajstić information content (AvgIpc) is 3.32. The second-order valence-corrected chi connectivity index (χ2v) is 9.83. The molecule has 1 amide bonds. The van der Waals surface area contributed by atoms with Crippen LogP contribution in [0.4, 0.5) is 13.2 Å². The number of alkyl halides is 3. The zero-order valence-corrected chi connectivity index (χ0v) is 19.8. The molecule has 188 valence electrons. The van der Waals surface area contributed by atoms with Crippen molar-refractivity contribution in [3.05, 3.63) is 58.7 Å². The zero-order valence-electron chi connectivity index (χ0n) is 19.8. The second kappa shape index (κ2) is 10.2. The van der Waals surface area contributed by atoms with E-state index < -0.39 is 11.7 Å². The van der Waals surface area contributed by atoms with Gasteiger partial charge in [0.2, 0.25) is 5.91 Å². The largest absolute Gasteiger partial charge is 0.416 e. The molecular formula is C26H31F3N4O2. The van der Waals surface area contributed by atoms with E-state index in [4.69, 9.17) is 9.72 Å². The molecule has 0 saturated carbocycles. The summed E-state index contributed by atoms with van der Waals surface area (Å²) in [6.45, 7) is 3.73. The topological polar surface area (TPSA) is 58.6 Å². The van der Waals surface area contributed by atoms with Crippen LogP contribution in [0.5, 0.6) is 0 Å². The van der Waals surface area contributed by atoms with E-state index in [1.165, 1.54) is 0 Å². The van der Waals surface area contributed by atoms with E-state index in [1.807, 2.05) is 11.1 Å². The highest BCUT2D eigenvalue weighted by atomic mass is 19.4. The fraction of sp³-hybridized carbons (Fsp3) is 0.577. The molecule has 5 rings (SSSR count). The van der Waals surface area contributed by atoms with E-state index in [1.54, 1.807) is 12.1 Å². The van der Waals surface area contributed by atoms with Gasteiger partial charge in [-0.15, -0.1) is 0 Å². The Balaban J connectivity index is 1.21. The fourth-order valence-corrected chi connectivity index (χ4v) is 5.43. The number of halogens is 3. The van der Waals surface area contributed by atoms with Crippen LogP contribution < -0.4 is 0 Å². The molecular weight excluding hydrogens is 457 g/mol. The summed E-state index contributed by atoms with van der Waals surface area (Å²) in [6.07, 6.45) is 2.97. The van der Waals surface area contributed by atoms with Crippen molar-refractivity contribution in [2.75, 3.05) is 32.8 Å². The van der Waals surface area contributed by atoms with Crippen molar-refractivity contribution >= 4 is 5.91 Å². The number of likely N-dealkylation sites (tertiary alicyclic amines) is 1. The number of rotatable bonds is 5. The summed E-state index contributed by atoms with van der Waals surface area (Å²) in [5.74, 6) is 1.42. The first-order chi connectivity index (χ1) is 16.9. The molecule has 0 bridgehead atoms. The second-order valence-electron chi connectivity index (χ2n) is 9.83. The van der Waals surface area contributed by atoms with Crippen molar-refractivity contribution < 1.29 is 22.7 Å². The molecule has 3 aliphatic heterocycles. The highest BCUT2D eigenvalue weighted by Gasteiger charge is 2.33. The Bertz CT molecular complexity index is 1040. The standard InChI is InChI=1S/C26H31F3N4O2/c27-26(28,29)21-5-3-19(4-6-21)23-2-1-10-32(23)17-25(34)33-11-7-20-15-30-24(31-22(20)16-33)14-18-8-12-35-13-9-18/h3-6,15,18,23H,1-2,7-14,16-17H2/t23-/m0/s1. The first-order valence-electron chi connectivity index (χ1n) is 12.5. The highest BCUT2D eigenvalue weighted by molar-refractivity contribution is 5.78. The van der Waals surface area contributed by atoms with Crippen molar-refractivity contribution in [2.24, 2.45) is 5.92 Å². The maximum atomic E-state index is 13.2. The molecule has 2 fully saturated rings. The van der Waals surface area contributed by atoms with Gasteiger partial charge in [0, 0.05) is 38.4 Å². The van der Waals surface area contributed by atoms with Crippen molar-refractivity contribution in [3.63, 3.8) is 0 Å². The molecule has 35 heavy (non-hydrogen) atoms. The third-order valence-electron chi connectivity index (χ3n) is 7.49. The van der Waals surface area contributed by atoms with Crippen LogP contribution in [0, 0.1) is 5.92 Å². The van der Waals surface area contributed by atoms with Crippen molar-refractivity contribution in [2.45, 2.75) is 57.3 Å². The van der Waals surface area contributed by atoms with E-state index in [-0.39, 0.29) is 18.5 Å². The number of fused-ring (bicyclic) bond motifs is 1. The molecule has 6 nitrogen and oxygen atoms in total. The van der Waals surface area contributed by atoms with Gasteiger partial charge in [-0.25, -0.2) is 9.97 Å². The molecule has 1 atom stereocenters. The Hall–Kier alpha value is -2.52. The molecule has 0 spiro atoms. The highest BCUT2D eigenvalue weighted by Crippen LogP contribution is 2.35.